The van der Waals surface area contributed by atoms with Gasteiger partial charge in [-0.2, -0.15) is 0 Å². The third-order valence-electron chi connectivity index (χ3n) is 3.54. The Hall–Kier alpha value is -0.810. The Morgan fingerprint density at radius 3 is 2.39 bits per heavy atom. The number of nitrogens with one attached hydrogen (secondary N) is 1. The second-order valence-electron chi connectivity index (χ2n) is 4.79. The number of methoxy groups -OCH3 is 1. The molecule has 1 amide bonds. The molecule has 0 unspecified atom stereocenters. The van der Waals surface area contributed by atoms with Gasteiger partial charge < -0.3 is 15.8 Å². The lowest BCUT2D eigenvalue weighted by Crippen LogP contribution is -2.40. The van der Waals surface area contributed by atoms with Gasteiger partial charge in [-0.1, -0.05) is 19.3 Å². The minimum absolute atomic E-state index is 0. The highest BCUT2D eigenvalue weighted by atomic mass is 35.5. The number of hydrogen-bond acceptors (Lipinski definition) is 4. The van der Waals surface area contributed by atoms with Crippen LogP contribution in [0.3, 0.4) is 0 Å². The van der Waals surface area contributed by atoms with Crippen LogP contribution in [-0.2, 0) is 14.3 Å². The van der Waals surface area contributed by atoms with Crippen molar-refractivity contribution in [2.45, 2.75) is 38.5 Å². The van der Waals surface area contributed by atoms with Gasteiger partial charge >= 0.3 is 5.97 Å². The van der Waals surface area contributed by atoms with Crippen molar-refractivity contribution < 1.29 is 14.3 Å². The smallest absolute Gasteiger partial charge is 0.325 e. The molecule has 0 heterocycles. The second kappa shape index (κ2) is 8.32. The molecule has 1 rings (SSSR count). The van der Waals surface area contributed by atoms with E-state index in [-0.39, 0.29) is 30.3 Å². The van der Waals surface area contributed by atoms with Gasteiger partial charge in [-0.3, -0.25) is 9.59 Å². The van der Waals surface area contributed by atoms with Crippen molar-refractivity contribution in [3.63, 3.8) is 0 Å². The number of halogens is 1. The van der Waals surface area contributed by atoms with Gasteiger partial charge in [0.1, 0.15) is 6.54 Å². The summed E-state index contributed by atoms with van der Waals surface area (Å²) in [4.78, 5) is 22.6. The lowest BCUT2D eigenvalue weighted by molar-refractivity contribution is -0.141. The summed E-state index contributed by atoms with van der Waals surface area (Å²) in [5.74, 6) is -0.536. The van der Waals surface area contributed by atoms with Crippen LogP contribution in [0, 0.1) is 5.41 Å². The van der Waals surface area contributed by atoms with Crippen molar-refractivity contribution in [1.29, 1.82) is 0 Å². The number of hydrogen-bond donors (Lipinski definition) is 2. The number of carbonyl (C=O) groups is 2. The van der Waals surface area contributed by atoms with Crippen molar-refractivity contribution in [1.82, 2.24) is 5.32 Å². The first-order valence-corrected chi connectivity index (χ1v) is 6.15. The van der Waals surface area contributed by atoms with E-state index in [0.717, 1.165) is 25.7 Å². The number of rotatable bonds is 5. The van der Waals surface area contributed by atoms with Crippen LogP contribution < -0.4 is 11.1 Å². The molecule has 1 aliphatic carbocycles. The van der Waals surface area contributed by atoms with Gasteiger partial charge in [0.25, 0.3) is 0 Å². The van der Waals surface area contributed by atoms with Gasteiger partial charge in [0, 0.05) is 6.42 Å². The fourth-order valence-electron chi connectivity index (χ4n) is 2.40. The largest absolute Gasteiger partial charge is 0.468 e. The van der Waals surface area contributed by atoms with Gasteiger partial charge in [0.05, 0.1) is 7.11 Å². The van der Waals surface area contributed by atoms with E-state index in [1.54, 1.807) is 0 Å². The number of esters is 1. The van der Waals surface area contributed by atoms with Gasteiger partial charge in [0.2, 0.25) is 5.91 Å². The SMILES string of the molecule is COC(=O)CNC(=O)CC1(CN)CCCCC1.Cl. The van der Waals surface area contributed by atoms with Gasteiger partial charge in [-0.25, -0.2) is 0 Å². The molecule has 106 valence electrons. The summed E-state index contributed by atoms with van der Waals surface area (Å²) in [6.07, 6.45) is 5.94. The Bertz CT molecular complexity index is 278. The highest BCUT2D eigenvalue weighted by molar-refractivity contribution is 5.85. The van der Waals surface area contributed by atoms with Crippen molar-refractivity contribution in [3.8, 4) is 0 Å². The Labute approximate surface area is 114 Å². The molecule has 0 bridgehead atoms. The molecule has 0 atom stereocenters. The first-order valence-electron chi connectivity index (χ1n) is 6.15. The average molecular weight is 279 g/mol. The van der Waals surface area contributed by atoms with Crippen LogP contribution in [0.4, 0.5) is 0 Å². The number of nitrogens with two attached hydrogens (primary N) is 1. The quantitative estimate of drug-likeness (QED) is 0.735. The van der Waals surface area contributed by atoms with Crippen LogP contribution in [0.1, 0.15) is 38.5 Å². The van der Waals surface area contributed by atoms with Gasteiger partial charge in [0.15, 0.2) is 0 Å². The van der Waals surface area contributed by atoms with Crippen LogP contribution in [-0.4, -0.2) is 32.1 Å². The molecule has 0 spiro atoms. The zero-order chi connectivity index (χ0) is 12.7. The third-order valence-corrected chi connectivity index (χ3v) is 3.54. The molecule has 0 aromatic heterocycles. The highest BCUT2D eigenvalue weighted by Crippen LogP contribution is 2.38. The maximum Gasteiger partial charge on any atom is 0.325 e. The summed E-state index contributed by atoms with van der Waals surface area (Å²) >= 11 is 0. The summed E-state index contributed by atoms with van der Waals surface area (Å²) in [7, 11) is 1.30. The first-order chi connectivity index (χ1) is 8.12. The van der Waals surface area contributed by atoms with Crippen LogP contribution in [0.5, 0.6) is 0 Å². The van der Waals surface area contributed by atoms with Crippen molar-refractivity contribution in [2.24, 2.45) is 11.1 Å². The summed E-state index contributed by atoms with van der Waals surface area (Å²) in [6.45, 7) is 0.481. The minimum Gasteiger partial charge on any atom is -0.468 e. The monoisotopic (exact) mass is 278 g/mol. The first kappa shape index (κ1) is 17.2. The molecule has 1 fully saturated rings. The molecule has 0 radical (unpaired) electrons. The van der Waals surface area contributed by atoms with Crippen LogP contribution >= 0.6 is 12.4 Å². The maximum atomic E-state index is 11.7. The Balaban J connectivity index is 0.00000289. The maximum absolute atomic E-state index is 11.7. The molecule has 6 heteroatoms. The fraction of sp³-hybridized carbons (Fsp3) is 0.833. The zero-order valence-corrected chi connectivity index (χ0v) is 11.7. The Morgan fingerprint density at radius 2 is 1.89 bits per heavy atom. The van der Waals surface area contributed by atoms with E-state index >= 15 is 0 Å². The molecule has 3 N–H and O–H groups in total. The second-order valence-corrected chi connectivity index (χ2v) is 4.79. The highest BCUT2D eigenvalue weighted by Gasteiger charge is 2.32. The summed E-state index contributed by atoms with van der Waals surface area (Å²) in [5, 5.41) is 2.57. The molecule has 0 aromatic carbocycles. The number of amides is 1. The molecular weight excluding hydrogens is 256 g/mol. The topological polar surface area (TPSA) is 81.4 Å². The Kier molecular flexibility index (Phi) is 7.95. The molecule has 0 saturated heterocycles. The van der Waals surface area contributed by atoms with Crippen molar-refractivity contribution >= 4 is 24.3 Å². The predicted octanol–water partition coefficient (Wildman–Crippen LogP) is 0.997. The summed E-state index contributed by atoms with van der Waals surface area (Å²) < 4.78 is 4.46. The number of carbonyl (C=O) groups excluding carboxylic acids is 2. The molecular formula is C12H23ClN2O3. The normalized spacial score (nSPS) is 17.4. The third kappa shape index (κ3) is 5.23. The fourth-order valence-corrected chi connectivity index (χ4v) is 2.40. The number of ether oxygens (including phenoxy) is 1. The van der Waals surface area contributed by atoms with Crippen LogP contribution in [0.25, 0.3) is 0 Å². The summed E-state index contributed by atoms with van der Waals surface area (Å²) in [6, 6.07) is 0. The van der Waals surface area contributed by atoms with Gasteiger partial charge in [-0.15, -0.1) is 12.4 Å². The van der Waals surface area contributed by atoms with E-state index in [1.165, 1.54) is 13.5 Å². The molecule has 1 aliphatic rings. The van der Waals surface area contributed by atoms with Crippen LogP contribution in [0.2, 0.25) is 0 Å². The molecule has 5 nitrogen and oxygen atoms in total. The zero-order valence-electron chi connectivity index (χ0n) is 10.9. The molecule has 0 aromatic rings. The average Bonchev–Trinajstić information content (AvgIpc) is 2.37. The lowest BCUT2D eigenvalue weighted by Gasteiger charge is -2.35. The Morgan fingerprint density at radius 1 is 1.28 bits per heavy atom. The van der Waals surface area contributed by atoms with E-state index in [4.69, 9.17) is 5.73 Å². The predicted molar refractivity (Wildman–Crippen MR) is 71.5 cm³/mol. The molecule has 1 saturated carbocycles. The van der Waals surface area contributed by atoms with E-state index in [2.05, 4.69) is 10.1 Å². The minimum atomic E-state index is -0.427. The van der Waals surface area contributed by atoms with Crippen LogP contribution in [0.15, 0.2) is 0 Å². The standard InChI is InChI=1S/C12H22N2O3.ClH/c1-17-11(16)8-14-10(15)7-12(9-13)5-3-2-4-6-12;/h2-9,13H2,1H3,(H,14,15);1H. The van der Waals surface area contributed by atoms with Crippen molar-refractivity contribution in [2.75, 3.05) is 20.2 Å². The van der Waals surface area contributed by atoms with Crippen molar-refractivity contribution in [3.05, 3.63) is 0 Å². The van der Waals surface area contributed by atoms with E-state index in [1.807, 2.05) is 0 Å². The molecule has 0 aliphatic heterocycles. The van der Waals surface area contributed by atoms with E-state index < -0.39 is 5.97 Å². The van der Waals surface area contributed by atoms with E-state index in [0.29, 0.717) is 13.0 Å². The van der Waals surface area contributed by atoms with E-state index in [9.17, 15) is 9.59 Å². The molecule has 18 heavy (non-hydrogen) atoms. The lowest BCUT2D eigenvalue weighted by atomic mass is 9.71. The summed E-state index contributed by atoms with van der Waals surface area (Å²) in [5.41, 5.74) is 5.74. The van der Waals surface area contributed by atoms with Gasteiger partial charge in [-0.05, 0) is 24.8 Å².